The van der Waals surface area contributed by atoms with Crippen molar-refractivity contribution in [2.24, 2.45) is 5.73 Å². The Kier molecular flexibility index (Phi) is 5.80. The van der Waals surface area contributed by atoms with Crippen molar-refractivity contribution in [2.45, 2.75) is 31.8 Å². The van der Waals surface area contributed by atoms with E-state index < -0.39 is 6.10 Å². The van der Waals surface area contributed by atoms with Gasteiger partial charge in [-0.3, -0.25) is 0 Å². The molecule has 0 radical (unpaired) electrons. The summed E-state index contributed by atoms with van der Waals surface area (Å²) < 4.78 is 0. The van der Waals surface area contributed by atoms with E-state index in [0.717, 1.165) is 12.0 Å². The van der Waals surface area contributed by atoms with Gasteiger partial charge in [-0.2, -0.15) is 0 Å². The zero-order valence-corrected chi connectivity index (χ0v) is 13.1. The number of aliphatic hydroxyl groups is 1. The van der Waals surface area contributed by atoms with Gasteiger partial charge in [0, 0.05) is 17.5 Å². The summed E-state index contributed by atoms with van der Waals surface area (Å²) in [5.41, 5.74) is 9.33. The normalized spacial score (nSPS) is 13.9. The van der Waals surface area contributed by atoms with Crippen molar-refractivity contribution in [2.75, 3.05) is 6.54 Å². The van der Waals surface area contributed by atoms with Crippen LogP contribution in [-0.4, -0.2) is 17.8 Å². The second-order valence-corrected chi connectivity index (χ2v) is 5.93. The lowest BCUT2D eigenvalue weighted by Crippen LogP contribution is -2.26. The monoisotopic (exact) mass is 303 g/mol. The molecular weight excluding hydrogens is 282 g/mol. The van der Waals surface area contributed by atoms with Gasteiger partial charge < -0.3 is 10.8 Å². The molecule has 21 heavy (non-hydrogen) atoms. The Morgan fingerprint density at radius 1 is 1.14 bits per heavy atom. The van der Waals surface area contributed by atoms with Crippen LogP contribution in [0.5, 0.6) is 0 Å². The molecule has 112 valence electrons. The number of rotatable bonds is 6. The van der Waals surface area contributed by atoms with Gasteiger partial charge in [-0.15, -0.1) is 0 Å². The van der Waals surface area contributed by atoms with E-state index >= 15 is 0 Å². The van der Waals surface area contributed by atoms with Gasteiger partial charge in [0.1, 0.15) is 0 Å². The summed E-state index contributed by atoms with van der Waals surface area (Å²) in [5, 5.41) is 11.1. The van der Waals surface area contributed by atoms with Crippen molar-refractivity contribution >= 4 is 11.6 Å². The summed E-state index contributed by atoms with van der Waals surface area (Å²) >= 11 is 6.02. The van der Waals surface area contributed by atoms with Crippen LogP contribution in [0.1, 0.15) is 29.0 Å². The third kappa shape index (κ3) is 4.57. The molecule has 2 nitrogen and oxygen atoms in total. The van der Waals surface area contributed by atoms with E-state index in [9.17, 15) is 5.11 Å². The number of aryl methyl sites for hydroxylation is 2. The molecule has 0 bridgehead atoms. The average molecular weight is 304 g/mol. The third-order valence-corrected chi connectivity index (χ3v) is 4.08. The predicted molar refractivity (Wildman–Crippen MR) is 88.8 cm³/mol. The van der Waals surface area contributed by atoms with Crippen molar-refractivity contribution in [3.05, 3.63) is 70.2 Å². The molecule has 0 amide bonds. The van der Waals surface area contributed by atoms with Crippen LogP contribution in [0.25, 0.3) is 0 Å². The molecule has 0 aromatic heterocycles. The zero-order chi connectivity index (χ0) is 15.2. The highest BCUT2D eigenvalue weighted by atomic mass is 35.5. The van der Waals surface area contributed by atoms with Crippen molar-refractivity contribution in [1.29, 1.82) is 0 Å². The summed E-state index contributed by atoms with van der Waals surface area (Å²) in [6.07, 6.45) is 1.07. The van der Waals surface area contributed by atoms with Crippen molar-refractivity contribution < 1.29 is 5.11 Å². The van der Waals surface area contributed by atoms with Gasteiger partial charge in [0.25, 0.3) is 0 Å². The number of hydrogen-bond donors (Lipinski definition) is 2. The van der Waals surface area contributed by atoms with Crippen LogP contribution >= 0.6 is 11.6 Å². The van der Waals surface area contributed by atoms with Gasteiger partial charge in [-0.05, 0) is 43.0 Å². The Balaban J connectivity index is 2.00. The van der Waals surface area contributed by atoms with Crippen LogP contribution in [0.2, 0.25) is 5.02 Å². The fraction of sp³-hybridized carbons (Fsp3) is 0.333. The lowest BCUT2D eigenvalue weighted by molar-refractivity contribution is 0.136. The first-order chi connectivity index (χ1) is 10.1. The molecule has 2 unspecified atom stereocenters. The minimum atomic E-state index is -0.463. The fourth-order valence-corrected chi connectivity index (χ4v) is 2.72. The van der Waals surface area contributed by atoms with Crippen LogP contribution < -0.4 is 5.73 Å². The summed E-state index contributed by atoms with van der Waals surface area (Å²) in [6.45, 7) is 2.48. The summed E-state index contributed by atoms with van der Waals surface area (Å²) in [7, 11) is 0. The SMILES string of the molecule is Cc1ccc(CCC(O)C(CN)c2cccc(Cl)c2)cc1. The molecule has 2 atom stereocenters. The maximum absolute atomic E-state index is 10.4. The molecule has 0 saturated heterocycles. The topological polar surface area (TPSA) is 46.2 Å². The largest absolute Gasteiger partial charge is 0.392 e. The first kappa shape index (κ1) is 16.0. The minimum absolute atomic E-state index is 0.0749. The highest BCUT2D eigenvalue weighted by Gasteiger charge is 2.19. The van der Waals surface area contributed by atoms with Crippen molar-refractivity contribution in [1.82, 2.24) is 0 Å². The minimum Gasteiger partial charge on any atom is -0.392 e. The standard InChI is InChI=1S/C18H22ClNO/c1-13-5-7-14(8-6-13)9-10-18(21)17(12-20)15-3-2-4-16(19)11-15/h2-8,11,17-18,21H,9-10,12,20H2,1H3. The molecule has 0 saturated carbocycles. The van der Waals surface area contributed by atoms with E-state index in [-0.39, 0.29) is 5.92 Å². The van der Waals surface area contributed by atoms with Crippen LogP contribution in [0.4, 0.5) is 0 Å². The second-order valence-electron chi connectivity index (χ2n) is 5.49. The fourth-order valence-electron chi connectivity index (χ4n) is 2.52. The number of benzene rings is 2. The molecule has 2 rings (SSSR count). The van der Waals surface area contributed by atoms with E-state index in [0.29, 0.717) is 18.0 Å². The van der Waals surface area contributed by atoms with Gasteiger partial charge in [0.2, 0.25) is 0 Å². The molecule has 3 heteroatoms. The van der Waals surface area contributed by atoms with Gasteiger partial charge in [0.15, 0.2) is 0 Å². The zero-order valence-electron chi connectivity index (χ0n) is 12.3. The lowest BCUT2D eigenvalue weighted by Gasteiger charge is -2.22. The van der Waals surface area contributed by atoms with Gasteiger partial charge in [0.05, 0.1) is 6.10 Å². The van der Waals surface area contributed by atoms with Gasteiger partial charge >= 0.3 is 0 Å². The maximum atomic E-state index is 10.4. The summed E-state index contributed by atoms with van der Waals surface area (Å²) in [6, 6.07) is 16.0. The third-order valence-electron chi connectivity index (χ3n) is 3.84. The first-order valence-electron chi connectivity index (χ1n) is 7.29. The predicted octanol–water partition coefficient (Wildman–Crippen LogP) is 3.68. The van der Waals surface area contributed by atoms with E-state index in [2.05, 4.69) is 31.2 Å². The molecule has 0 aliphatic carbocycles. The summed E-state index contributed by atoms with van der Waals surface area (Å²) in [5.74, 6) is -0.0749. The Morgan fingerprint density at radius 3 is 2.48 bits per heavy atom. The molecular formula is C18H22ClNO. The number of aliphatic hydroxyl groups excluding tert-OH is 1. The van der Waals surface area contributed by atoms with E-state index in [1.807, 2.05) is 24.3 Å². The smallest absolute Gasteiger partial charge is 0.0624 e. The highest BCUT2D eigenvalue weighted by molar-refractivity contribution is 6.30. The highest BCUT2D eigenvalue weighted by Crippen LogP contribution is 2.24. The van der Waals surface area contributed by atoms with E-state index in [1.165, 1.54) is 11.1 Å². The molecule has 0 aliphatic heterocycles. The van der Waals surface area contributed by atoms with Crippen LogP contribution in [0.15, 0.2) is 48.5 Å². The quantitative estimate of drug-likeness (QED) is 0.855. The van der Waals surface area contributed by atoms with E-state index in [1.54, 1.807) is 0 Å². The number of halogens is 1. The van der Waals surface area contributed by atoms with Crippen molar-refractivity contribution in [3.63, 3.8) is 0 Å². The number of hydrogen-bond acceptors (Lipinski definition) is 2. The van der Waals surface area contributed by atoms with Crippen molar-refractivity contribution in [3.8, 4) is 0 Å². The Labute approximate surface area is 131 Å². The second kappa shape index (κ2) is 7.60. The number of nitrogens with two attached hydrogens (primary N) is 1. The summed E-state index contributed by atoms with van der Waals surface area (Å²) in [4.78, 5) is 0. The lowest BCUT2D eigenvalue weighted by atomic mass is 9.90. The molecule has 3 N–H and O–H groups in total. The molecule has 0 fully saturated rings. The van der Waals surface area contributed by atoms with Gasteiger partial charge in [-0.25, -0.2) is 0 Å². The molecule has 0 aliphatic rings. The van der Waals surface area contributed by atoms with Crippen LogP contribution in [0, 0.1) is 6.92 Å². The molecule has 0 spiro atoms. The first-order valence-corrected chi connectivity index (χ1v) is 7.67. The Morgan fingerprint density at radius 2 is 1.86 bits per heavy atom. The van der Waals surface area contributed by atoms with Crippen LogP contribution in [0.3, 0.4) is 0 Å². The average Bonchev–Trinajstić information content (AvgIpc) is 2.47. The Hall–Kier alpha value is -1.35. The maximum Gasteiger partial charge on any atom is 0.0624 e. The molecule has 0 heterocycles. The van der Waals surface area contributed by atoms with Gasteiger partial charge in [-0.1, -0.05) is 53.6 Å². The van der Waals surface area contributed by atoms with E-state index in [4.69, 9.17) is 17.3 Å². The van der Waals surface area contributed by atoms with Crippen LogP contribution in [-0.2, 0) is 6.42 Å². The molecule has 2 aromatic rings. The molecule has 2 aromatic carbocycles. The Bertz CT molecular complexity index is 568.